The van der Waals surface area contributed by atoms with Gasteiger partial charge in [0.2, 0.25) is 0 Å². The highest BCUT2D eigenvalue weighted by Gasteiger charge is 2.47. The molecule has 0 bridgehead atoms. The minimum absolute atomic E-state index is 0.279. The standard InChI is InChI=1S/C26H21Br/c1-18-9-8-10-19(17-18)26(24-15-6-7-16-25(24)27)22-13-4-2-11-20(22)21-12-3-5-14-23(21)26/h2-8,10-18H,9H2,1H3. The van der Waals surface area contributed by atoms with E-state index in [1.54, 1.807) is 0 Å². The molecule has 0 N–H and O–H groups in total. The molecule has 0 radical (unpaired) electrons. The van der Waals surface area contributed by atoms with Crippen molar-refractivity contribution in [2.75, 3.05) is 0 Å². The van der Waals surface area contributed by atoms with Crippen molar-refractivity contribution in [2.45, 2.75) is 18.8 Å². The van der Waals surface area contributed by atoms with Gasteiger partial charge in [0.15, 0.2) is 0 Å². The second-order valence-corrected chi connectivity index (χ2v) is 8.41. The lowest BCUT2D eigenvalue weighted by molar-refractivity contribution is 0.682. The first-order chi connectivity index (χ1) is 13.2. The summed E-state index contributed by atoms with van der Waals surface area (Å²) in [6, 6.07) is 26.5. The molecular weight excluding hydrogens is 392 g/mol. The Hall–Kier alpha value is -2.38. The molecule has 0 aromatic heterocycles. The fourth-order valence-electron chi connectivity index (χ4n) is 4.85. The summed E-state index contributed by atoms with van der Waals surface area (Å²) in [6.45, 7) is 2.31. The van der Waals surface area contributed by atoms with E-state index in [4.69, 9.17) is 0 Å². The zero-order chi connectivity index (χ0) is 18.4. The molecule has 1 heteroatoms. The van der Waals surface area contributed by atoms with E-state index >= 15 is 0 Å². The topological polar surface area (TPSA) is 0 Å². The van der Waals surface area contributed by atoms with Crippen LogP contribution in [0.3, 0.4) is 0 Å². The normalized spacial score (nSPS) is 19.3. The van der Waals surface area contributed by atoms with Gasteiger partial charge in [-0.15, -0.1) is 0 Å². The second kappa shape index (κ2) is 6.35. The fraction of sp³-hybridized carbons (Fsp3) is 0.154. The minimum atomic E-state index is -0.279. The summed E-state index contributed by atoms with van der Waals surface area (Å²) in [5.41, 5.74) is 7.86. The summed E-state index contributed by atoms with van der Waals surface area (Å²) in [5.74, 6) is 0.546. The summed E-state index contributed by atoms with van der Waals surface area (Å²) < 4.78 is 1.16. The van der Waals surface area contributed by atoms with Crippen molar-refractivity contribution in [3.8, 4) is 11.1 Å². The molecule has 1 unspecified atom stereocenters. The average molecular weight is 413 g/mol. The predicted octanol–water partition coefficient (Wildman–Crippen LogP) is 7.29. The van der Waals surface area contributed by atoms with Crippen molar-refractivity contribution in [3.63, 3.8) is 0 Å². The zero-order valence-electron chi connectivity index (χ0n) is 15.3. The quantitative estimate of drug-likeness (QED) is 0.414. The molecule has 3 aromatic carbocycles. The first-order valence-corrected chi connectivity index (χ1v) is 10.4. The molecule has 132 valence electrons. The Morgan fingerprint density at radius 1 is 0.778 bits per heavy atom. The predicted molar refractivity (Wildman–Crippen MR) is 117 cm³/mol. The van der Waals surface area contributed by atoms with Crippen molar-refractivity contribution in [1.82, 2.24) is 0 Å². The number of hydrogen-bond acceptors (Lipinski definition) is 0. The van der Waals surface area contributed by atoms with Crippen LogP contribution in [0.4, 0.5) is 0 Å². The van der Waals surface area contributed by atoms with Gasteiger partial charge in [-0.25, -0.2) is 0 Å². The van der Waals surface area contributed by atoms with Crippen LogP contribution < -0.4 is 0 Å². The SMILES string of the molecule is CC1C=C(C2(c3ccccc3Br)c3ccccc3-c3ccccc32)C=CC1. The molecule has 0 nitrogen and oxygen atoms in total. The van der Waals surface area contributed by atoms with Crippen LogP contribution in [-0.4, -0.2) is 0 Å². The Labute approximate surface area is 169 Å². The van der Waals surface area contributed by atoms with Crippen LogP contribution in [0.1, 0.15) is 30.0 Å². The van der Waals surface area contributed by atoms with E-state index in [1.807, 2.05) is 0 Å². The van der Waals surface area contributed by atoms with Crippen molar-refractivity contribution in [2.24, 2.45) is 5.92 Å². The van der Waals surface area contributed by atoms with Gasteiger partial charge < -0.3 is 0 Å². The minimum Gasteiger partial charge on any atom is -0.0836 e. The highest BCUT2D eigenvalue weighted by molar-refractivity contribution is 9.10. The Morgan fingerprint density at radius 3 is 1.93 bits per heavy atom. The maximum atomic E-state index is 3.88. The van der Waals surface area contributed by atoms with Crippen molar-refractivity contribution < 1.29 is 0 Å². The second-order valence-electron chi connectivity index (χ2n) is 7.56. The van der Waals surface area contributed by atoms with Gasteiger partial charge in [-0.05, 0) is 51.8 Å². The summed E-state index contributed by atoms with van der Waals surface area (Å²) in [6.07, 6.45) is 8.26. The molecule has 27 heavy (non-hydrogen) atoms. The van der Waals surface area contributed by atoms with Crippen molar-refractivity contribution in [3.05, 3.63) is 118 Å². The first kappa shape index (κ1) is 16.8. The third-order valence-corrected chi connectivity index (χ3v) is 6.62. The van der Waals surface area contributed by atoms with Crippen LogP contribution in [-0.2, 0) is 5.41 Å². The third kappa shape index (κ3) is 2.34. The lowest BCUT2D eigenvalue weighted by Crippen LogP contribution is -2.30. The summed E-state index contributed by atoms with van der Waals surface area (Å²) >= 11 is 3.88. The van der Waals surface area contributed by atoms with Gasteiger partial charge in [0.1, 0.15) is 0 Å². The van der Waals surface area contributed by atoms with Gasteiger partial charge in [-0.2, -0.15) is 0 Å². The molecule has 2 aliphatic carbocycles. The number of hydrogen-bond donors (Lipinski definition) is 0. The Bertz CT molecular complexity index is 1040. The number of benzene rings is 3. The third-order valence-electron chi connectivity index (χ3n) is 5.93. The van der Waals surface area contributed by atoms with Gasteiger partial charge in [-0.1, -0.05) is 108 Å². The highest BCUT2D eigenvalue weighted by Crippen LogP contribution is 2.58. The van der Waals surface area contributed by atoms with Gasteiger partial charge >= 0.3 is 0 Å². The summed E-state index contributed by atoms with van der Waals surface area (Å²) in [7, 11) is 0. The van der Waals surface area contributed by atoms with Gasteiger partial charge in [0.25, 0.3) is 0 Å². The summed E-state index contributed by atoms with van der Waals surface area (Å²) in [4.78, 5) is 0. The van der Waals surface area contributed by atoms with E-state index in [2.05, 4.69) is 114 Å². The van der Waals surface area contributed by atoms with Crippen molar-refractivity contribution in [1.29, 1.82) is 0 Å². The first-order valence-electron chi connectivity index (χ1n) is 9.56. The lowest BCUT2D eigenvalue weighted by Gasteiger charge is -2.37. The molecule has 0 heterocycles. The average Bonchev–Trinajstić information content (AvgIpc) is 3.00. The Balaban J connectivity index is 1.96. The number of rotatable bonds is 2. The molecule has 0 amide bonds. The number of fused-ring (bicyclic) bond motifs is 3. The summed E-state index contributed by atoms with van der Waals surface area (Å²) in [5, 5.41) is 0. The molecule has 0 spiro atoms. The van der Waals surface area contributed by atoms with E-state index in [1.165, 1.54) is 33.4 Å². The van der Waals surface area contributed by atoms with Crippen LogP contribution in [0.5, 0.6) is 0 Å². The van der Waals surface area contributed by atoms with E-state index in [-0.39, 0.29) is 5.41 Å². The largest absolute Gasteiger partial charge is 0.0836 e. The van der Waals surface area contributed by atoms with Gasteiger partial charge in [-0.3, -0.25) is 0 Å². The number of halogens is 1. The molecular formula is C26H21Br. The van der Waals surface area contributed by atoms with Crippen molar-refractivity contribution >= 4 is 15.9 Å². The van der Waals surface area contributed by atoms with Crippen LogP contribution in [0.2, 0.25) is 0 Å². The zero-order valence-corrected chi connectivity index (χ0v) is 16.9. The van der Waals surface area contributed by atoms with E-state index in [0.717, 1.165) is 10.9 Å². The van der Waals surface area contributed by atoms with E-state index in [9.17, 15) is 0 Å². The van der Waals surface area contributed by atoms with Crippen LogP contribution >= 0.6 is 15.9 Å². The molecule has 0 aliphatic heterocycles. The van der Waals surface area contributed by atoms with Crippen LogP contribution in [0.25, 0.3) is 11.1 Å². The fourth-order valence-corrected chi connectivity index (χ4v) is 5.43. The van der Waals surface area contributed by atoms with E-state index in [0.29, 0.717) is 5.92 Å². The van der Waals surface area contributed by atoms with E-state index < -0.39 is 0 Å². The van der Waals surface area contributed by atoms with Crippen LogP contribution in [0, 0.1) is 5.92 Å². The molecule has 0 saturated carbocycles. The smallest absolute Gasteiger partial charge is 0.0721 e. The highest BCUT2D eigenvalue weighted by atomic mass is 79.9. The molecule has 0 saturated heterocycles. The molecule has 1 atom stereocenters. The molecule has 2 aliphatic rings. The lowest BCUT2D eigenvalue weighted by atomic mass is 9.65. The van der Waals surface area contributed by atoms with Crippen LogP contribution in [0.15, 0.2) is 101 Å². The maximum Gasteiger partial charge on any atom is 0.0721 e. The van der Waals surface area contributed by atoms with Gasteiger partial charge in [0.05, 0.1) is 5.41 Å². The Kier molecular flexibility index (Phi) is 3.94. The van der Waals surface area contributed by atoms with Gasteiger partial charge in [0, 0.05) is 4.47 Å². The number of allylic oxidation sites excluding steroid dienone is 4. The molecule has 0 fully saturated rings. The Morgan fingerprint density at radius 2 is 1.33 bits per heavy atom. The molecule has 5 rings (SSSR count). The molecule has 3 aromatic rings. The monoisotopic (exact) mass is 412 g/mol. The maximum absolute atomic E-state index is 3.88.